The number of aromatic nitrogens is 3. The van der Waals surface area contributed by atoms with Crippen molar-refractivity contribution in [2.75, 3.05) is 11.9 Å². The normalized spacial score (nSPS) is 18.0. The molecule has 0 spiro atoms. The van der Waals surface area contributed by atoms with E-state index in [0.29, 0.717) is 6.04 Å². The summed E-state index contributed by atoms with van der Waals surface area (Å²) in [5.74, 6) is 1.11. The molecule has 1 N–H and O–H groups in total. The van der Waals surface area contributed by atoms with Crippen LogP contribution in [-0.2, 0) is 0 Å². The van der Waals surface area contributed by atoms with Gasteiger partial charge in [-0.25, -0.2) is 9.67 Å². The lowest BCUT2D eigenvalue weighted by molar-refractivity contribution is 0.490. The number of hydrogen-bond donors (Lipinski definition) is 1. The minimum absolute atomic E-state index is 0.334. The van der Waals surface area contributed by atoms with Gasteiger partial charge in [-0.05, 0) is 49.4 Å². The number of anilines is 1. The van der Waals surface area contributed by atoms with Gasteiger partial charge >= 0.3 is 0 Å². The molecule has 4 nitrogen and oxygen atoms in total. The maximum atomic E-state index is 4.74. The van der Waals surface area contributed by atoms with Crippen LogP contribution >= 0.6 is 11.3 Å². The van der Waals surface area contributed by atoms with Crippen LogP contribution in [0.2, 0.25) is 0 Å². The van der Waals surface area contributed by atoms with Crippen molar-refractivity contribution < 1.29 is 0 Å². The van der Waals surface area contributed by atoms with Crippen molar-refractivity contribution in [2.45, 2.75) is 26.3 Å². The molecule has 0 fully saturated rings. The Morgan fingerprint density at radius 3 is 3.00 bits per heavy atom. The first kappa shape index (κ1) is 11.9. The van der Waals surface area contributed by atoms with Crippen molar-refractivity contribution >= 4 is 28.2 Å². The first-order chi connectivity index (χ1) is 9.74. The quantitative estimate of drug-likeness (QED) is 0.743. The summed E-state index contributed by atoms with van der Waals surface area (Å²) in [6, 6.07) is 6.69. The zero-order valence-electron chi connectivity index (χ0n) is 11.6. The average Bonchev–Trinajstić information content (AvgIpc) is 3.01. The average molecular weight is 284 g/mol. The monoisotopic (exact) mass is 284 g/mol. The summed E-state index contributed by atoms with van der Waals surface area (Å²) in [6.45, 7) is 5.17. The lowest BCUT2D eigenvalue weighted by Crippen LogP contribution is -2.24. The van der Waals surface area contributed by atoms with Crippen molar-refractivity contribution in [3.05, 3.63) is 39.7 Å². The van der Waals surface area contributed by atoms with E-state index in [9.17, 15) is 0 Å². The maximum Gasteiger partial charge on any atom is 0.183 e. The molecule has 5 heteroatoms. The van der Waals surface area contributed by atoms with Gasteiger partial charge in [0, 0.05) is 17.1 Å². The fourth-order valence-corrected chi connectivity index (χ4v) is 3.95. The summed E-state index contributed by atoms with van der Waals surface area (Å²) in [6.07, 6.45) is 1.07. The first-order valence-electron chi connectivity index (χ1n) is 6.88. The molecular weight excluding hydrogens is 268 g/mol. The van der Waals surface area contributed by atoms with Crippen LogP contribution in [0.1, 0.15) is 28.6 Å². The van der Waals surface area contributed by atoms with Gasteiger partial charge in [-0.15, -0.1) is 16.4 Å². The third-order valence-electron chi connectivity index (χ3n) is 3.91. The smallest absolute Gasteiger partial charge is 0.183 e. The Hall–Kier alpha value is -1.88. The number of hydrogen-bond acceptors (Lipinski definition) is 4. The molecule has 4 heterocycles. The first-order valence-corrected chi connectivity index (χ1v) is 7.76. The zero-order valence-corrected chi connectivity index (χ0v) is 12.4. The Morgan fingerprint density at radius 2 is 2.20 bits per heavy atom. The predicted molar refractivity (Wildman–Crippen MR) is 82.6 cm³/mol. The van der Waals surface area contributed by atoms with E-state index in [-0.39, 0.29) is 0 Å². The molecule has 20 heavy (non-hydrogen) atoms. The van der Waals surface area contributed by atoms with Crippen LogP contribution in [0.15, 0.2) is 23.6 Å². The second-order valence-electron chi connectivity index (χ2n) is 5.32. The van der Waals surface area contributed by atoms with Crippen LogP contribution in [0.5, 0.6) is 0 Å². The van der Waals surface area contributed by atoms with E-state index in [0.717, 1.165) is 35.5 Å². The number of nitrogens with one attached hydrogen (secondary N) is 1. The molecule has 0 bridgehead atoms. The van der Waals surface area contributed by atoms with Crippen LogP contribution in [0.25, 0.3) is 11.0 Å². The molecule has 0 amide bonds. The Labute approximate surface area is 121 Å². The second-order valence-corrected chi connectivity index (χ2v) is 6.26. The molecule has 0 aliphatic carbocycles. The molecular formula is C15H16N4S. The Balaban J connectivity index is 1.93. The van der Waals surface area contributed by atoms with Crippen LogP contribution in [0, 0.1) is 13.8 Å². The highest BCUT2D eigenvalue weighted by molar-refractivity contribution is 7.10. The Morgan fingerprint density at radius 1 is 1.30 bits per heavy atom. The van der Waals surface area contributed by atoms with Crippen molar-refractivity contribution in [3.63, 3.8) is 0 Å². The third kappa shape index (κ3) is 1.66. The number of nitrogens with zero attached hydrogens (tertiary/aromatic N) is 3. The summed E-state index contributed by atoms with van der Waals surface area (Å²) in [7, 11) is 0. The van der Waals surface area contributed by atoms with Crippen molar-refractivity contribution in [1.82, 2.24) is 14.8 Å². The zero-order chi connectivity index (χ0) is 13.7. The minimum atomic E-state index is 0.334. The summed E-state index contributed by atoms with van der Waals surface area (Å²) >= 11 is 1.82. The predicted octanol–water partition coefficient (Wildman–Crippen LogP) is 3.51. The second kappa shape index (κ2) is 4.31. The van der Waals surface area contributed by atoms with E-state index >= 15 is 0 Å². The molecule has 0 saturated carbocycles. The van der Waals surface area contributed by atoms with Crippen molar-refractivity contribution in [3.8, 4) is 0 Å². The number of thiophene rings is 1. The van der Waals surface area contributed by atoms with Gasteiger partial charge in [0.15, 0.2) is 5.65 Å². The Bertz CT molecular complexity index is 786. The summed E-state index contributed by atoms with van der Waals surface area (Å²) < 4.78 is 2.12. The topological polar surface area (TPSA) is 42.7 Å². The van der Waals surface area contributed by atoms with E-state index in [1.54, 1.807) is 0 Å². The van der Waals surface area contributed by atoms with E-state index in [1.165, 1.54) is 10.4 Å². The van der Waals surface area contributed by atoms with Crippen LogP contribution in [0.4, 0.5) is 5.82 Å². The van der Waals surface area contributed by atoms with Crippen LogP contribution in [-0.4, -0.2) is 21.3 Å². The number of fused-ring (bicyclic) bond motifs is 3. The number of aryl methyl sites for hydroxylation is 2. The molecule has 3 aromatic heterocycles. The highest BCUT2D eigenvalue weighted by Gasteiger charge is 2.26. The molecule has 102 valence electrons. The van der Waals surface area contributed by atoms with Gasteiger partial charge in [-0.3, -0.25) is 0 Å². The lowest BCUT2D eigenvalue weighted by atomic mass is 10.1. The third-order valence-corrected chi connectivity index (χ3v) is 5.03. The van der Waals surface area contributed by atoms with Gasteiger partial charge in [0.1, 0.15) is 5.82 Å². The molecule has 4 rings (SSSR count). The minimum Gasteiger partial charge on any atom is -0.370 e. The van der Waals surface area contributed by atoms with E-state index in [4.69, 9.17) is 5.10 Å². The highest BCUT2D eigenvalue weighted by Crippen LogP contribution is 2.37. The SMILES string of the molecule is Cc1ccc2c3n(nc2n1)C(c1sccc1C)CCN3. The van der Waals surface area contributed by atoms with Gasteiger partial charge < -0.3 is 5.32 Å². The Kier molecular flexibility index (Phi) is 2.57. The number of pyridine rings is 1. The summed E-state index contributed by atoms with van der Waals surface area (Å²) in [5, 5.41) is 11.5. The van der Waals surface area contributed by atoms with Crippen LogP contribution in [0.3, 0.4) is 0 Å². The van der Waals surface area contributed by atoms with Gasteiger partial charge in [0.25, 0.3) is 0 Å². The standard InChI is InChI=1S/C15H16N4S/c1-9-6-8-20-13(9)12-5-7-16-15-11-4-3-10(2)17-14(11)18-19(12)15/h3-4,6,8,12,16H,5,7H2,1-2H3. The van der Waals surface area contributed by atoms with Gasteiger partial charge in [-0.1, -0.05) is 0 Å². The molecule has 0 saturated heterocycles. The van der Waals surface area contributed by atoms with E-state index < -0.39 is 0 Å². The van der Waals surface area contributed by atoms with E-state index in [1.807, 2.05) is 24.3 Å². The molecule has 1 aliphatic rings. The fourth-order valence-electron chi connectivity index (χ4n) is 2.90. The van der Waals surface area contributed by atoms with Crippen LogP contribution < -0.4 is 5.32 Å². The number of rotatable bonds is 1. The largest absolute Gasteiger partial charge is 0.370 e. The van der Waals surface area contributed by atoms with Gasteiger partial charge in [-0.2, -0.15) is 0 Å². The lowest BCUT2D eigenvalue weighted by Gasteiger charge is -2.25. The summed E-state index contributed by atoms with van der Waals surface area (Å²) in [5.41, 5.74) is 3.21. The molecule has 1 aliphatic heterocycles. The molecule has 1 atom stereocenters. The van der Waals surface area contributed by atoms with Crippen molar-refractivity contribution in [1.29, 1.82) is 0 Å². The van der Waals surface area contributed by atoms with Gasteiger partial charge in [0.05, 0.1) is 11.4 Å². The van der Waals surface area contributed by atoms with Crippen molar-refractivity contribution in [2.24, 2.45) is 0 Å². The molecule has 3 aromatic rings. The summed E-state index contributed by atoms with van der Waals surface area (Å²) in [4.78, 5) is 5.96. The highest BCUT2D eigenvalue weighted by atomic mass is 32.1. The van der Waals surface area contributed by atoms with Gasteiger partial charge in [0.2, 0.25) is 0 Å². The molecule has 1 unspecified atom stereocenters. The molecule has 0 radical (unpaired) electrons. The fraction of sp³-hybridized carbons (Fsp3) is 0.333. The molecule has 0 aromatic carbocycles. The maximum absolute atomic E-state index is 4.74. The van der Waals surface area contributed by atoms with E-state index in [2.05, 4.69) is 39.4 Å².